The van der Waals surface area contributed by atoms with Crippen LogP contribution in [0, 0.1) is 0 Å². The third kappa shape index (κ3) is 5.82. The van der Waals surface area contributed by atoms with Crippen LogP contribution < -0.4 is 0 Å². The van der Waals surface area contributed by atoms with Crippen molar-refractivity contribution in [2.75, 3.05) is 0 Å². The minimum atomic E-state index is 1.14. The van der Waals surface area contributed by atoms with Crippen LogP contribution in [0.1, 0.15) is 18.1 Å². The fourth-order valence-electron chi connectivity index (χ4n) is 10.6. The van der Waals surface area contributed by atoms with Gasteiger partial charge in [-0.1, -0.05) is 225 Å². The Morgan fingerprint density at radius 1 is 0.344 bits per heavy atom. The minimum Gasteiger partial charge on any atom is -0.135 e. The summed E-state index contributed by atoms with van der Waals surface area (Å²) in [6.45, 7) is 6.66. The Labute approximate surface area is 377 Å². The van der Waals surface area contributed by atoms with Crippen LogP contribution in [-0.4, -0.2) is 0 Å². The van der Waals surface area contributed by atoms with E-state index in [4.69, 9.17) is 0 Å². The number of hydrogen-bond acceptors (Lipinski definition) is 1. The van der Waals surface area contributed by atoms with Crippen LogP contribution in [0.3, 0.4) is 0 Å². The summed E-state index contributed by atoms with van der Waals surface area (Å²) in [5, 5.41) is 12.5. The molecule has 0 aliphatic rings. The highest BCUT2D eigenvalue weighted by molar-refractivity contribution is 7.26. The van der Waals surface area contributed by atoms with Gasteiger partial charge < -0.3 is 0 Å². The number of allylic oxidation sites excluding steroid dienone is 1. The van der Waals surface area contributed by atoms with E-state index in [9.17, 15) is 0 Å². The van der Waals surface area contributed by atoms with Gasteiger partial charge in [-0.25, -0.2) is 0 Å². The molecule has 64 heavy (non-hydrogen) atoms. The van der Waals surface area contributed by atoms with Crippen LogP contribution in [-0.2, 0) is 0 Å². The predicted octanol–water partition coefficient (Wildman–Crippen LogP) is 18.7. The van der Waals surface area contributed by atoms with Crippen molar-refractivity contribution in [1.29, 1.82) is 0 Å². The summed E-state index contributed by atoms with van der Waals surface area (Å²) in [6.07, 6.45) is 6.56. The van der Waals surface area contributed by atoms with Crippen LogP contribution >= 0.6 is 11.3 Å². The van der Waals surface area contributed by atoms with Crippen LogP contribution in [0.2, 0.25) is 0 Å². The first kappa shape index (κ1) is 37.9. The molecule has 0 fully saturated rings. The molecule has 1 heterocycles. The van der Waals surface area contributed by atoms with E-state index in [1.165, 1.54) is 124 Å². The van der Waals surface area contributed by atoms with Crippen molar-refractivity contribution in [1.82, 2.24) is 0 Å². The van der Waals surface area contributed by atoms with Gasteiger partial charge in [0.05, 0.1) is 0 Å². The van der Waals surface area contributed by atoms with Gasteiger partial charge in [-0.2, -0.15) is 0 Å². The van der Waals surface area contributed by atoms with Crippen molar-refractivity contribution < 1.29 is 0 Å². The summed E-state index contributed by atoms with van der Waals surface area (Å²) in [4.78, 5) is 0. The lowest BCUT2D eigenvalue weighted by Gasteiger charge is -2.22. The van der Waals surface area contributed by atoms with Crippen LogP contribution in [0.25, 0.3) is 131 Å². The first-order valence-electron chi connectivity index (χ1n) is 22.1. The van der Waals surface area contributed by atoms with Crippen molar-refractivity contribution in [3.05, 3.63) is 230 Å². The second-order valence-electron chi connectivity index (χ2n) is 16.6. The lowest BCUT2D eigenvalue weighted by Crippen LogP contribution is -1.97. The number of rotatable bonds is 7. The Kier molecular flexibility index (Phi) is 9.18. The summed E-state index contributed by atoms with van der Waals surface area (Å²) >= 11 is 1.90. The molecular formula is C63H42S. The maximum absolute atomic E-state index is 4.53. The Bertz CT molecular complexity index is 3790. The summed E-state index contributed by atoms with van der Waals surface area (Å²) in [5.41, 5.74) is 14.7. The van der Waals surface area contributed by atoms with E-state index < -0.39 is 0 Å². The quantitative estimate of drug-likeness (QED) is 0.140. The maximum atomic E-state index is 4.53. The molecule has 0 spiro atoms. The molecule has 0 amide bonds. The predicted molar refractivity (Wildman–Crippen MR) is 281 cm³/mol. The standard InChI is InChI=1S/C63H42S/c1-3-21-46-42(4-2)59(53-39-38-43(40-22-7-5-8-23-40)44-26-11-12-27-45(44)53)51-32-17-18-33-52(51)61(46)55-35-19-36-56-62-54(34-20-37-57(62)64-63(55)56)60-49-30-15-13-28-47(49)58(41-24-9-6-10-25-41)48-29-14-16-31-50(48)60/h3-39H,2H2,1H3/b21-3-. The Morgan fingerprint density at radius 2 is 0.797 bits per heavy atom. The summed E-state index contributed by atoms with van der Waals surface area (Å²) < 4.78 is 2.57. The fraction of sp³-hybridized carbons (Fsp3) is 0.0159. The molecule has 0 aliphatic carbocycles. The van der Waals surface area contributed by atoms with Crippen molar-refractivity contribution in [3.8, 4) is 55.6 Å². The average molecular weight is 831 g/mol. The summed E-state index contributed by atoms with van der Waals surface area (Å²) in [7, 11) is 0. The number of hydrogen-bond donors (Lipinski definition) is 0. The lowest BCUT2D eigenvalue weighted by atomic mass is 9.81. The number of thiophene rings is 1. The second kappa shape index (κ2) is 15.5. The van der Waals surface area contributed by atoms with Gasteiger partial charge in [0.2, 0.25) is 0 Å². The molecule has 0 aliphatic heterocycles. The highest BCUT2D eigenvalue weighted by Crippen LogP contribution is 2.52. The first-order chi connectivity index (χ1) is 31.7. The molecule has 0 unspecified atom stereocenters. The molecule has 0 saturated carbocycles. The maximum Gasteiger partial charge on any atom is 0.0434 e. The van der Waals surface area contributed by atoms with Crippen LogP contribution in [0.5, 0.6) is 0 Å². The zero-order valence-electron chi connectivity index (χ0n) is 35.5. The molecule has 0 atom stereocenters. The normalized spacial score (nSPS) is 11.8. The molecular weight excluding hydrogens is 789 g/mol. The minimum absolute atomic E-state index is 1.14. The van der Waals surface area contributed by atoms with Crippen molar-refractivity contribution in [2.24, 2.45) is 0 Å². The van der Waals surface area contributed by atoms with E-state index in [2.05, 4.69) is 238 Å². The Balaban J connectivity index is 1.14. The van der Waals surface area contributed by atoms with Crippen molar-refractivity contribution in [3.63, 3.8) is 0 Å². The van der Waals surface area contributed by atoms with E-state index in [1.807, 2.05) is 11.3 Å². The molecule has 0 N–H and O–H groups in total. The van der Waals surface area contributed by atoms with E-state index in [0.29, 0.717) is 0 Å². The summed E-state index contributed by atoms with van der Waals surface area (Å²) in [6, 6.07) is 75.9. The third-order valence-electron chi connectivity index (χ3n) is 13.2. The highest BCUT2D eigenvalue weighted by atomic mass is 32.1. The van der Waals surface area contributed by atoms with Crippen LogP contribution in [0.15, 0.2) is 219 Å². The fourth-order valence-corrected chi connectivity index (χ4v) is 11.8. The molecule has 1 aromatic heterocycles. The zero-order valence-corrected chi connectivity index (χ0v) is 36.3. The Morgan fingerprint density at radius 3 is 1.39 bits per heavy atom. The molecule has 12 aromatic rings. The van der Waals surface area contributed by atoms with Gasteiger partial charge in [-0.15, -0.1) is 11.3 Å². The van der Waals surface area contributed by atoms with Gasteiger partial charge in [0.1, 0.15) is 0 Å². The molecule has 11 aromatic carbocycles. The van der Waals surface area contributed by atoms with E-state index >= 15 is 0 Å². The SMILES string of the molecule is C=Cc1c(/C=C\C)c(-c2cccc3c2sc2cccc(-c4c5ccccc5c(-c5ccccc5)c5ccccc45)c23)c2ccccc2c1-c1ccc(-c2ccccc2)c2ccccc12. The van der Waals surface area contributed by atoms with Gasteiger partial charge in [0.15, 0.2) is 0 Å². The number of benzene rings is 11. The van der Waals surface area contributed by atoms with E-state index in [0.717, 1.165) is 5.56 Å². The van der Waals surface area contributed by atoms with E-state index in [1.54, 1.807) is 0 Å². The van der Waals surface area contributed by atoms with Crippen molar-refractivity contribution in [2.45, 2.75) is 6.92 Å². The summed E-state index contributed by atoms with van der Waals surface area (Å²) in [5.74, 6) is 0. The molecule has 0 saturated heterocycles. The van der Waals surface area contributed by atoms with Gasteiger partial charge in [0, 0.05) is 25.7 Å². The monoisotopic (exact) mass is 830 g/mol. The molecule has 1 heteroatoms. The molecule has 0 bridgehead atoms. The molecule has 300 valence electrons. The average Bonchev–Trinajstić information content (AvgIpc) is 3.75. The third-order valence-corrected chi connectivity index (χ3v) is 14.4. The second-order valence-corrected chi connectivity index (χ2v) is 17.6. The highest BCUT2D eigenvalue weighted by Gasteiger charge is 2.25. The van der Waals surface area contributed by atoms with Crippen molar-refractivity contribution >= 4 is 86.8 Å². The molecule has 12 rings (SSSR count). The molecule has 0 nitrogen and oxygen atoms in total. The van der Waals surface area contributed by atoms with Gasteiger partial charge in [-0.3, -0.25) is 0 Å². The van der Waals surface area contributed by atoms with Gasteiger partial charge >= 0.3 is 0 Å². The Hall–Kier alpha value is -7.84. The smallest absolute Gasteiger partial charge is 0.0434 e. The van der Waals surface area contributed by atoms with Gasteiger partial charge in [-0.05, 0) is 117 Å². The largest absolute Gasteiger partial charge is 0.135 e. The topological polar surface area (TPSA) is 0 Å². The molecule has 0 radical (unpaired) electrons. The zero-order chi connectivity index (χ0) is 42.7. The first-order valence-corrected chi connectivity index (χ1v) is 22.9. The lowest BCUT2D eigenvalue weighted by molar-refractivity contribution is 1.60. The van der Waals surface area contributed by atoms with Crippen LogP contribution in [0.4, 0.5) is 0 Å². The van der Waals surface area contributed by atoms with E-state index in [-0.39, 0.29) is 0 Å². The van der Waals surface area contributed by atoms with Gasteiger partial charge in [0.25, 0.3) is 0 Å². The number of fused-ring (bicyclic) bond motifs is 7.